The zero-order valence-corrected chi connectivity index (χ0v) is 10.6. The van der Waals surface area contributed by atoms with Crippen molar-refractivity contribution in [2.75, 3.05) is 4.72 Å². The highest BCUT2D eigenvalue weighted by Gasteiger charge is 2.17. The molecule has 0 spiro atoms. The van der Waals surface area contributed by atoms with Crippen molar-refractivity contribution < 1.29 is 8.42 Å². The van der Waals surface area contributed by atoms with Crippen molar-refractivity contribution >= 4 is 15.7 Å². The molecule has 6 nitrogen and oxygen atoms in total. The maximum Gasteiger partial charge on any atom is 0.278 e. The summed E-state index contributed by atoms with van der Waals surface area (Å²) in [5.74, 6) is 0. The molecule has 0 aliphatic carbocycles. The highest BCUT2D eigenvalue weighted by molar-refractivity contribution is 7.92. The van der Waals surface area contributed by atoms with Crippen LogP contribution in [-0.2, 0) is 10.0 Å². The third kappa shape index (κ3) is 2.52. The van der Waals surface area contributed by atoms with Gasteiger partial charge in [-0.15, -0.1) is 0 Å². The fourth-order valence-corrected chi connectivity index (χ4v) is 2.57. The summed E-state index contributed by atoms with van der Waals surface area (Å²) in [7, 11) is -3.65. The lowest BCUT2D eigenvalue weighted by atomic mass is 10.1. The van der Waals surface area contributed by atoms with Crippen LogP contribution in [0, 0.1) is 0 Å². The van der Waals surface area contributed by atoms with Crippen molar-refractivity contribution in [1.82, 2.24) is 9.97 Å². The molecule has 2 rings (SSSR count). The first-order valence-electron chi connectivity index (χ1n) is 5.36. The number of anilines is 1. The fourth-order valence-electron chi connectivity index (χ4n) is 1.58. The van der Waals surface area contributed by atoms with Gasteiger partial charge in [0.1, 0.15) is 0 Å². The zero-order valence-electron chi connectivity index (χ0n) is 9.79. The molecule has 96 valence electrons. The second-order valence-corrected chi connectivity index (χ2v) is 5.55. The smallest absolute Gasteiger partial charge is 0.278 e. The van der Waals surface area contributed by atoms with Gasteiger partial charge in [-0.1, -0.05) is 18.2 Å². The summed E-state index contributed by atoms with van der Waals surface area (Å²) in [5, 5.41) is 0.0157. The lowest BCUT2D eigenvalue weighted by molar-refractivity contribution is 0.598. The van der Waals surface area contributed by atoms with Crippen molar-refractivity contribution in [2.45, 2.75) is 18.0 Å². The molecule has 0 aliphatic rings. The Labute approximate surface area is 105 Å². The summed E-state index contributed by atoms with van der Waals surface area (Å²) < 4.78 is 26.5. The molecule has 0 saturated carbocycles. The summed E-state index contributed by atoms with van der Waals surface area (Å²) in [6.07, 6.45) is 2.56. The van der Waals surface area contributed by atoms with Gasteiger partial charge in [-0.05, 0) is 18.6 Å². The SMILES string of the molecule is CC(N)c1ccccc1NS(=O)(=O)c1cnc[nH]1. The van der Waals surface area contributed by atoms with Gasteiger partial charge in [-0.3, -0.25) is 4.72 Å². The van der Waals surface area contributed by atoms with Crippen LogP contribution in [0.15, 0.2) is 41.8 Å². The van der Waals surface area contributed by atoms with E-state index < -0.39 is 10.0 Å². The van der Waals surface area contributed by atoms with E-state index in [-0.39, 0.29) is 11.1 Å². The summed E-state index contributed by atoms with van der Waals surface area (Å²) in [4.78, 5) is 6.24. The molecule has 0 aliphatic heterocycles. The minimum Gasteiger partial charge on any atom is -0.334 e. The van der Waals surface area contributed by atoms with Gasteiger partial charge < -0.3 is 10.7 Å². The molecule has 0 bridgehead atoms. The summed E-state index contributed by atoms with van der Waals surface area (Å²) in [5.41, 5.74) is 7.01. The van der Waals surface area contributed by atoms with E-state index in [1.165, 1.54) is 12.5 Å². The lowest BCUT2D eigenvalue weighted by Gasteiger charge is -2.13. The van der Waals surface area contributed by atoms with Crippen LogP contribution in [0.2, 0.25) is 0 Å². The number of aromatic nitrogens is 2. The Kier molecular flexibility index (Phi) is 3.35. The van der Waals surface area contributed by atoms with E-state index in [0.717, 1.165) is 5.56 Å². The number of para-hydroxylation sites is 1. The van der Waals surface area contributed by atoms with Crippen LogP contribution in [-0.4, -0.2) is 18.4 Å². The minimum absolute atomic E-state index is 0.0157. The Bertz CT molecular complexity index is 620. The molecular formula is C11H14N4O2S. The van der Waals surface area contributed by atoms with E-state index in [2.05, 4.69) is 14.7 Å². The van der Waals surface area contributed by atoms with E-state index >= 15 is 0 Å². The Morgan fingerprint density at radius 2 is 2.11 bits per heavy atom. The van der Waals surface area contributed by atoms with E-state index in [0.29, 0.717) is 5.69 Å². The van der Waals surface area contributed by atoms with Gasteiger partial charge in [0, 0.05) is 6.04 Å². The normalized spacial score (nSPS) is 13.2. The first kappa shape index (κ1) is 12.6. The third-order valence-corrected chi connectivity index (χ3v) is 3.75. The third-order valence-electron chi connectivity index (χ3n) is 2.46. The average Bonchev–Trinajstić information content (AvgIpc) is 2.83. The Hall–Kier alpha value is -1.86. The number of nitrogens with two attached hydrogens (primary N) is 1. The predicted octanol–water partition coefficient (Wildman–Crippen LogP) is 1.23. The number of nitrogens with one attached hydrogen (secondary N) is 2. The van der Waals surface area contributed by atoms with Crippen LogP contribution in [0.3, 0.4) is 0 Å². The van der Waals surface area contributed by atoms with Gasteiger partial charge in [-0.25, -0.2) is 4.98 Å². The molecule has 2 aromatic rings. The Balaban J connectivity index is 2.36. The second kappa shape index (κ2) is 4.79. The van der Waals surface area contributed by atoms with Gasteiger partial charge in [0.2, 0.25) is 0 Å². The van der Waals surface area contributed by atoms with E-state index in [9.17, 15) is 8.42 Å². The molecule has 1 aromatic heterocycles. The number of H-pyrrole nitrogens is 1. The lowest BCUT2D eigenvalue weighted by Crippen LogP contribution is -2.16. The quantitative estimate of drug-likeness (QED) is 0.774. The molecule has 1 aromatic carbocycles. The predicted molar refractivity (Wildman–Crippen MR) is 68.4 cm³/mol. The topological polar surface area (TPSA) is 101 Å². The molecule has 0 amide bonds. The average molecular weight is 266 g/mol. The van der Waals surface area contributed by atoms with E-state index in [1.807, 2.05) is 6.07 Å². The zero-order chi connectivity index (χ0) is 13.2. The molecule has 0 saturated heterocycles. The second-order valence-electron chi connectivity index (χ2n) is 3.90. The number of hydrogen-bond donors (Lipinski definition) is 3. The van der Waals surface area contributed by atoms with Crippen LogP contribution in [0.1, 0.15) is 18.5 Å². The number of benzene rings is 1. The van der Waals surface area contributed by atoms with Gasteiger partial charge in [0.25, 0.3) is 10.0 Å². The molecular weight excluding hydrogens is 252 g/mol. The van der Waals surface area contributed by atoms with Crippen molar-refractivity contribution in [3.63, 3.8) is 0 Å². The van der Waals surface area contributed by atoms with Gasteiger partial charge in [0.15, 0.2) is 5.03 Å². The Morgan fingerprint density at radius 1 is 1.39 bits per heavy atom. The Morgan fingerprint density at radius 3 is 2.72 bits per heavy atom. The highest BCUT2D eigenvalue weighted by atomic mass is 32.2. The van der Waals surface area contributed by atoms with E-state index in [1.54, 1.807) is 25.1 Å². The highest BCUT2D eigenvalue weighted by Crippen LogP contribution is 2.23. The number of imidazole rings is 1. The monoisotopic (exact) mass is 266 g/mol. The summed E-state index contributed by atoms with van der Waals surface area (Å²) in [6.45, 7) is 1.79. The summed E-state index contributed by atoms with van der Waals surface area (Å²) in [6, 6.07) is 6.76. The fraction of sp³-hybridized carbons (Fsp3) is 0.182. The molecule has 18 heavy (non-hydrogen) atoms. The molecule has 1 heterocycles. The van der Waals surface area contributed by atoms with Crippen LogP contribution in [0.25, 0.3) is 0 Å². The van der Waals surface area contributed by atoms with Crippen LogP contribution in [0.5, 0.6) is 0 Å². The van der Waals surface area contributed by atoms with Gasteiger partial charge in [-0.2, -0.15) is 8.42 Å². The molecule has 1 unspecified atom stereocenters. The molecule has 4 N–H and O–H groups in total. The number of hydrogen-bond acceptors (Lipinski definition) is 4. The van der Waals surface area contributed by atoms with Gasteiger partial charge >= 0.3 is 0 Å². The summed E-state index contributed by atoms with van der Waals surface area (Å²) >= 11 is 0. The molecule has 1 atom stereocenters. The number of nitrogens with zero attached hydrogens (tertiary/aromatic N) is 1. The molecule has 0 fully saturated rings. The van der Waals surface area contributed by atoms with Crippen molar-refractivity contribution in [2.24, 2.45) is 5.73 Å². The van der Waals surface area contributed by atoms with Crippen molar-refractivity contribution in [1.29, 1.82) is 0 Å². The number of sulfonamides is 1. The van der Waals surface area contributed by atoms with Gasteiger partial charge in [0.05, 0.1) is 18.2 Å². The maximum absolute atomic E-state index is 12.0. The standard InChI is InChI=1S/C11H14N4O2S/c1-8(12)9-4-2-3-5-10(9)15-18(16,17)11-6-13-7-14-11/h2-8,15H,12H2,1H3,(H,13,14). The molecule has 0 radical (unpaired) electrons. The first-order valence-corrected chi connectivity index (χ1v) is 6.85. The maximum atomic E-state index is 12.0. The van der Waals surface area contributed by atoms with Crippen molar-refractivity contribution in [3.8, 4) is 0 Å². The minimum atomic E-state index is -3.65. The van der Waals surface area contributed by atoms with Crippen LogP contribution < -0.4 is 10.5 Å². The number of aromatic amines is 1. The van der Waals surface area contributed by atoms with Crippen LogP contribution >= 0.6 is 0 Å². The molecule has 7 heteroatoms. The number of rotatable bonds is 4. The van der Waals surface area contributed by atoms with Crippen molar-refractivity contribution in [3.05, 3.63) is 42.4 Å². The van der Waals surface area contributed by atoms with Crippen LogP contribution in [0.4, 0.5) is 5.69 Å². The first-order chi connectivity index (χ1) is 8.50. The van der Waals surface area contributed by atoms with E-state index in [4.69, 9.17) is 5.73 Å². The largest absolute Gasteiger partial charge is 0.334 e.